The van der Waals surface area contributed by atoms with Gasteiger partial charge in [0.25, 0.3) is 0 Å². The summed E-state index contributed by atoms with van der Waals surface area (Å²) in [5.41, 5.74) is 3.59. The van der Waals surface area contributed by atoms with Crippen molar-refractivity contribution in [2.45, 2.75) is 46.2 Å². The smallest absolute Gasteiger partial charge is 0.244 e. The van der Waals surface area contributed by atoms with Crippen LogP contribution in [0.4, 0.5) is 5.69 Å². The zero-order valence-corrected chi connectivity index (χ0v) is 16.5. The second kappa shape index (κ2) is 8.69. The molecular formula is C22H26N4O2. The Bertz CT molecular complexity index is 993. The summed E-state index contributed by atoms with van der Waals surface area (Å²) in [5, 5.41) is 5.94. The minimum atomic E-state index is -0.296. The van der Waals surface area contributed by atoms with Gasteiger partial charge in [-0.05, 0) is 37.1 Å². The molecule has 3 aromatic rings. The molecule has 1 unspecified atom stereocenters. The molecule has 0 aliphatic heterocycles. The van der Waals surface area contributed by atoms with Crippen molar-refractivity contribution < 1.29 is 9.59 Å². The molecule has 0 saturated heterocycles. The van der Waals surface area contributed by atoms with Crippen molar-refractivity contribution >= 4 is 28.5 Å². The summed E-state index contributed by atoms with van der Waals surface area (Å²) in [5.74, 6) is 0.494. The minimum absolute atomic E-state index is 0.0487. The fraction of sp³-hybridized carbons (Fsp3) is 0.318. The lowest BCUT2D eigenvalue weighted by atomic mass is 10.1. The third-order valence-corrected chi connectivity index (χ3v) is 4.74. The molecular weight excluding hydrogens is 352 g/mol. The van der Waals surface area contributed by atoms with Crippen molar-refractivity contribution in [3.8, 4) is 0 Å². The summed E-state index contributed by atoms with van der Waals surface area (Å²) < 4.78 is 1.87. The molecule has 1 heterocycles. The van der Waals surface area contributed by atoms with Gasteiger partial charge >= 0.3 is 0 Å². The zero-order valence-electron chi connectivity index (χ0n) is 16.5. The van der Waals surface area contributed by atoms with Crippen molar-refractivity contribution in [1.82, 2.24) is 14.9 Å². The van der Waals surface area contributed by atoms with Crippen LogP contribution in [0.3, 0.4) is 0 Å². The highest BCUT2D eigenvalue weighted by Gasteiger charge is 2.19. The van der Waals surface area contributed by atoms with Crippen molar-refractivity contribution in [2.75, 3.05) is 5.32 Å². The van der Waals surface area contributed by atoms with E-state index >= 15 is 0 Å². The lowest BCUT2D eigenvalue weighted by molar-refractivity contribution is -0.121. The molecule has 6 heteroatoms. The number of carbonyl (C=O) groups excluding carboxylic acids is 2. The number of rotatable bonds is 7. The zero-order chi connectivity index (χ0) is 20.1. The Balaban J connectivity index is 1.89. The Hall–Kier alpha value is -3.15. The molecule has 28 heavy (non-hydrogen) atoms. The summed E-state index contributed by atoms with van der Waals surface area (Å²) in [6.07, 6.45) is 1.24. The van der Waals surface area contributed by atoms with Gasteiger partial charge in [0.05, 0.1) is 17.1 Å². The van der Waals surface area contributed by atoms with Crippen LogP contribution in [-0.4, -0.2) is 21.4 Å². The molecule has 0 bridgehead atoms. The lowest BCUT2D eigenvalue weighted by Crippen LogP contribution is -2.29. The molecule has 146 valence electrons. The van der Waals surface area contributed by atoms with E-state index < -0.39 is 0 Å². The minimum Gasteiger partial charge on any atom is -0.346 e. The Kier molecular flexibility index (Phi) is 6.09. The first-order valence-corrected chi connectivity index (χ1v) is 9.65. The third-order valence-electron chi connectivity index (χ3n) is 4.74. The first kappa shape index (κ1) is 19.6. The van der Waals surface area contributed by atoms with Crippen LogP contribution in [0.25, 0.3) is 11.0 Å². The molecule has 0 aliphatic rings. The fourth-order valence-electron chi connectivity index (χ4n) is 3.28. The number of benzene rings is 2. The van der Waals surface area contributed by atoms with Crippen LogP contribution in [0.2, 0.25) is 0 Å². The first-order chi connectivity index (χ1) is 13.5. The average Bonchev–Trinajstić information content (AvgIpc) is 3.06. The molecule has 1 aromatic heterocycles. The average molecular weight is 378 g/mol. The number of amides is 2. The standard InChI is InChI=1S/C22H26N4O2/c1-4-16-10-6-7-11-17(16)24-21(28)14-26-19-13-9-8-12-18(19)25-22(26)15(3)23-20(27)5-2/h6-13,15H,4-5,14H2,1-3H3,(H,23,27)(H,24,28). The van der Waals surface area contributed by atoms with Crippen LogP contribution in [0.1, 0.15) is 44.6 Å². The fourth-order valence-corrected chi connectivity index (χ4v) is 3.28. The third kappa shape index (κ3) is 4.22. The first-order valence-electron chi connectivity index (χ1n) is 9.65. The van der Waals surface area contributed by atoms with Gasteiger partial charge in [-0.1, -0.05) is 44.2 Å². The Labute approximate surface area is 165 Å². The highest BCUT2D eigenvalue weighted by molar-refractivity contribution is 5.92. The molecule has 0 radical (unpaired) electrons. The number of fused-ring (bicyclic) bond motifs is 1. The van der Waals surface area contributed by atoms with Crippen LogP contribution < -0.4 is 10.6 Å². The highest BCUT2D eigenvalue weighted by atomic mass is 16.2. The molecule has 6 nitrogen and oxygen atoms in total. The maximum Gasteiger partial charge on any atom is 0.244 e. The number of hydrogen-bond donors (Lipinski definition) is 2. The quantitative estimate of drug-likeness (QED) is 0.656. The van der Waals surface area contributed by atoms with Crippen LogP contribution in [0.5, 0.6) is 0 Å². The van der Waals surface area contributed by atoms with E-state index in [0.29, 0.717) is 12.2 Å². The largest absolute Gasteiger partial charge is 0.346 e. The van der Waals surface area contributed by atoms with Gasteiger partial charge in [-0.25, -0.2) is 4.98 Å². The number of hydrogen-bond acceptors (Lipinski definition) is 3. The maximum atomic E-state index is 12.8. The molecule has 2 amide bonds. The van der Waals surface area contributed by atoms with Crippen molar-refractivity contribution in [3.63, 3.8) is 0 Å². The van der Waals surface area contributed by atoms with Crippen molar-refractivity contribution in [3.05, 3.63) is 59.9 Å². The number of nitrogens with one attached hydrogen (secondary N) is 2. The molecule has 3 rings (SSSR count). The Morgan fingerprint density at radius 3 is 2.50 bits per heavy atom. The number of imidazole rings is 1. The Morgan fingerprint density at radius 1 is 1.04 bits per heavy atom. The van der Waals surface area contributed by atoms with Gasteiger partial charge in [-0.3, -0.25) is 9.59 Å². The highest BCUT2D eigenvalue weighted by Crippen LogP contribution is 2.22. The van der Waals surface area contributed by atoms with Gasteiger partial charge in [-0.15, -0.1) is 0 Å². The second-order valence-electron chi connectivity index (χ2n) is 6.75. The summed E-state index contributed by atoms with van der Waals surface area (Å²) in [7, 11) is 0. The number of anilines is 1. The summed E-state index contributed by atoms with van der Waals surface area (Å²) >= 11 is 0. The van der Waals surface area contributed by atoms with E-state index in [1.54, 1.807) is 0 Å². The molecule has 0 aliphatic carbocycles. The maximum absolute atomic E-state index is 12.8. The monoisotopic (exact) mass is 378 g/mol. The predicted octanol–water partition coefficient (Wildman–Crippen LogP) is 3.82. The lowest BCUT2D eigenvalue weighted by Gasteiger charge is -2.16. The number of para-hydroxylation sites is 3. The number of aryl methyl sites for hydroxylation is 1. The van der Waals surface area contributed by atoms with E-state index in [1.807, 2.05) is 66.9 Å². The summed E-state index contributed by atoms with van der Waals surface area (Å²) in [6, 6.07) is 15.2. The van der Waals surface area contributed by atoms with Crippen LogP contribution in [0.15, 0.2) is 48.5 Å². The topological polar surface area (TPSA) is 76.0 Å². The summed E-state index contributed by atoms with van der Waals surface area (Å²) in [4.78, 5) is 29.3. The van der Waals surface area contributed by atoms with Crippen molar-refractivity contribution in [2.24, 2.45) is 0 Å². The van der Waals surface area contributed by atoms with Gasteiger partial charge < -0.3 is 15.2 Å². The molecule has 0 fully saturated rings. The normalized spacial score (nSPS) is 12.0. The van der Waals surface area contributed by atoms with E-state index in [4.69, 9.17) is 0 Å². The van der Waals surface area contributed by atoms with E-state index in [9.17, 15) is 9.59 Å². The van der Waals surface area contributed by atoms with Crippen molar-refractivity contribution in [1.29, 1.82) is 0 Å². The van der Waals surface area contributed by atoms with Crippen LogP contribution >= 0.6 is 0 Å². The molecule has 2 N–H and O–H groups in total. The Morgan fingerprint density at radius 2 is 1.75 bits per heavy atom. The second-order valence-corrected chi connectivity index (χ2v) is 6.75. The van der Waals surface area contributed by atoms with Gasteiger partial charge in [0.1, 0.15) is 12.4 Å². The van der Waals surface area contributed by atoms with Gasteiger partial charge in [0.2, 0.25) is 11.8 Å². The number of nitrogens with zero attached hydrogens (tertiary/aromatic N) is 2. The van der Waals surface area contributed by atoms with Gasteiger partial charge in [0.15, 0.2) is 0 Å². The van der Waals surface area contributed by atoms with Gasteiger partial charge in [-0.2, -0.15) is 0 Å². The molecule has 0 saturated carbocycles. The predicted molar refractivity (Wildman–Crippen MR) is 111 cm³/mol. The number of carbonyl (C=O) groups is 2. The van der Waals surface area contributed by atoms with E-state index in [0.717, 1.165) is 28.7 Å². The SMILES string of the molecule is CCC(=O)NC(C)c1nc2ccccc2n1CC(=O)Nc1ccccc1CC. The molecule has 0 spiro atoms. The van der Waals surface area contributed by atoms with E-state index in [2.05, 4.69) is 22.5 Å². The molecule has 2 aromatic carbocycles. The number of aromatic nitrogens is 2. The van der Waals surface area contributed by atoms with E-state index in [1.165, 1.54) is 0 Å². The van der Waals surface area contributed by atoms with Crippen LogP contribution in [0, 0.1) is 0 Å². The van der Waals surface area contributed by atoms with Crippen LogP contribution in [-0.2, 0) is 22.6 Å². The van der Waals surface area contributed by atoms with Gasteiger partial charge in [0, 0.05) is 12.1 Å². The molecule has 1 atom stereocenters. The van der Waals surface area contributed by atoms with E-state index in [-0.39, 0.29) is 24.4 Å². The summed E-state index contributed by atoms with van der Waals surface area (Å²) in [6.45, 7) is 5.88.